The van der Waals surface area contributed by atoms with E-state index in [-0.39, 0.29) is 19.1 Å². The van der Waals surface area contributed by atoms with Crippen molar-refractivity contribution in [3.05, 3.63) is 12.7 Å². The Morgan fingerprint density at radius 1 is 1.35 bits per heavy atom. The molecule has 6 heteroatoms. The minimum Gasteiger partial charge on any atom is -0.480 e. The van der Waals surface area contributed by atoms with E-state index in [4.69, 9.17) is 5.11 Å². The van der Waals surface area contributed by atoms with Crippen LogP contribution in [0.2, 0.25) is 0 Å². The van der Waals surface area contributed by atoms with Gasteiger partial charge >= 0.3 is 12.0 Å². The molecule has 1 N–H and O–H groups in total. The molecule has 0 aromatic carbocycles. The number of urea groups is 1. The highest BCUT2D eigenvalue weighted by Crippen LogP contribution is 2.18. The van der Waals surface area contributed by atoms with Gasteiger partial charge in [-0.15, -0.1) is 6.58 Å². The van der Waals surface area contributed by atoms with Crippen molar-refractivity contribution in [1.29, 1.82) is 0 Å². The zero-order valence-electron chi connectivity index (χ0n) is 12.4. The SMILES string of the molecule is C=CCN(CC(=O)O)C(=O)N1CCC(CN(C)C)CC1. The number of carboxylic acids is 1. The molecule has 1 aliphatic heterocycles. The molecule has 1 aliphatic rings. The Labute approximate surface area is 120 Å². The van der Waals surface area contributed by atoms with Crippen molar-refractivity contribution in [3.8, 4) is 0 Å². The summed E-state index contributed by atoms with van der Waals surface area (Å²) in [4.78, 5) is 28.3. The number of carboxylic acid groups (broad SMARTS) is 1. The average Bonchev–Trinajstić information content (AvgIpc) is 2.37. The molecule has 114 valence electrons. The first-order chi connectivity index (χ1) is 9.43. The number of nitrogens with zero attached hydrogens (tertiary/aromatic N) is 3. The molecule has 0 bridgehead atoms. The average molecular weight is 283 g/mol. The molecule has 0 radical (unpaired) electrons. The van der Waals surface area contributed by atoms with Crippen LogP contribution in [-0.4, -0.2) is 78.6 Å². The molecule has 0 atom stereocenters. The maximum atomic E-state index is 12.3. The zero-order chi connectivity index (χ0) is 15.1. The summed E-state index contributed by atoms with van der Waals surface area (Å²) in [5, 5.41) is 8.85. The number of piperidine rings is 1. The van der Waals surface area contributed by atoms with Crippen LogP contribution in [0.1, 0.15) is 12.8 Å². The lowest BCUT2D eigenvalue weighted by molar-refractivity contribution is -0.137. The summed E-state index contributed by atoms with van der Waals surface area (Å²) < 4.78 is 0. The first-order valence-electron chi connectivity index (χ1n) is 6.95. The minimum atomic E-state index is -0.998. The van der Waals surface area contributed by atoms with E-state index >= 15 is 0 Å². The van der Waals surface area contributed by atoms with Crippen LogP contribution in [-0.2, 0) is 4.79 Å². The Hall–Kier alpha value is -1.56. The molecule has 1 saturated heterocycles. The van der Waals surface area contributed by atoms with Crippen molar-refractivity contribution in [2.24, 2.45) is 5.92 Å². The highest BCUT2D eigenvalue weighted by molar-refractivity contribution is 5.80. The predicted octanol–water partition coefficient (Wildman–Crippen LogP) is 0.953. The van der Waals surface area contributed by atoms with Gasteiger partial charge in [-0.25, -0.2) is 4.79 Å². The Morgan fingerprint density at radius 2 is 1.95 bits per heavy atom. The lowest BCUT2D eigenvalue weighted by Gasteiger charge is -2.35. The van der Waals surface area contributed by atoms with Gasteiger partial charge in [0.25, 0.3) is 0 Å². The van der Waals surface area contributed by atoms with E-state index in [2.05, 4.69) is 25.6 Å². The number of carbonyl (C=O) groups excluding carboxylic acids is 1. The van der Waals surface area contributed by atoms with E-state index < -0.39 is 5.97 Å². The molecular formula is C14H25N3O3. The Bertz CT molecular complexity index is 350. The van der Waals surface area contributed by atoms with E-state index in [1.54, 1.807) is 11.0 Å². The van der Waals surface area contributed by atoms with Crippen LogP contribution in [0, 0.1) is 5.92 Å². The van der Waals surface area contributed by atoms with Crippen molar-refractivity contribution in [1.82, 2.24) is 14.7 Å². The first-order valence-corrected chi connectivity index (χ1v) is 6.95. The van der Waals surface area contributed by atoms with Crippen LogP contribution in [0.4, 0.5) is 4.79 Å². The maximum Gasteiger partial charge on any atom is 0.323 e. The van der Waals surface area contributed by atoms with Crippen LogP contribution in [0.3, 0.4) is 0 Å². The van der Waals surface area contributed by atoms with E-state index in [1.807, 2.05) is 0 Å². The summed E-state index contributed by atoms with van der Waals surface area (Å²) in [6.07, 6.45) is 3.50. The molecule has 6 nitrogen and oxygen atoms in total. The van der Waals surface area contributed by atoms with E-state index in [0.29, 0.717) is 19.0 Å². The second-order valence-electron chi connectivity index (χ2n) is 5.54. The lowest BCUT2D eigenvalue weighted by Crippen LogP contribution is -2.49. The summed E-state index contributed by atoms with van der Waals surface area (Å²) in [7, 11) is 4.10. The van der Waals surface area contributed by atoms with Gasteiger partial charge in [-0.1, -0.05) is 6.08 Å². The fourth-order valence-electron chi connectivity index (χ4n) is 2.55. The Kier molecular flexibility index (Phi) is 6.51. The number of hydrogen-bond donors (Lipinski definition) is 1. The number of amides is 2. The molecule has 1 rings (SSSR count). The third-order valence-electron chi connectivity index (χ3n) is 3.45. The van der Waals surface area contributed by atoms with Crippen LogP contribution in [0.15, 0.2) is 12.7 Å². The van der Waals surface area contributed by atoms with Crippen LogP contribution in [0.25, 0.3) is 0 Å². The van der Waals surface area contributed by atoms with Crippen molar-refractivity contribution >= 4 is 12.0 Å². The fraction of sp³-hybridized carbons (Fsp3) is 0.714. The Balaban J connectivity index is 2.51. The summed E-state index contributed by atoms with van der Waals surface area (Å²) >= 11 is 0. The summed E-state index contributed by atoms with van der Waals surface area (Å²) in [5.74, 6) is -0.385. The van der Waals surface area contributed by atoms with Gasteiger partial charge < -0.3 is 19.8 Å². The molecule has 1 fully saturated rings. The minimum absolute atomic E-state index is 0.199. The van der Waals surface area contributed by atoms with Gasteiger partial charge in [0.15, 0.2) is 0 Å². The summed E-state index contributed by atoms with van der Waals surface area (Å²) in [5.41, 5.74) is 0. The quantitative estimate of drug-likeness (QED) is 0.737. The first kappa shape index (κ1) is 16.5. The van der Waals surface area contributed by atoms with E-state index in [1.165, 1.54) is 4.90 Å². The molecule has 0 unspecified atom stereocenters. The Morgan fingerprint density at radius 3 is 2.40 bits per heavy atom. The summed E-state index contributed by atoms with van der Waals surface area (Å²) in [6, 6.07) is -0.199. The van der Waals surface area contributed by atoms with Crippen molar-refractivity contribution in [2.45, 2.75) is 12.8 Å². The molecule has 0 spiro atoms. The summed E-state index contributed by atoms with van der Waals surface area (Å²) in [6.45, 7) is 5.99. The third-order valence-corrected chi connectivity index (χ3v) is 3.45. The standard InChI is InChI=1S/C14H25N3O3/c1-4-7-17(11-13(18)19)14(20)16-8-5-12(6-9-16)10-15(2)3/h4,12H,1,5-11H2,2-3H3,(H,18,19). The number of aliphatic carboxylic acids is 1. The molecule has 2 amide bonds. The van der Waals surface area contributed by atoms with Crippen LogP contribution >= 0.6 is 0 Å². The van der Waals surface area contributed by atoms with Gasteiger partial charge in [0.1, 0.15) is 6.54 Å². The van der Waals surface area contributed by atoms with Gasteiger partial charge in [0.05, 0.1) is 0 Å². The topological polar surface area (TPSA) is 64.1 Å². The second kappa shape index (κ2) is 7.89. The van der Waals surface area contributed by atoms with Crippen molar-refractivity contribution < 1.29 is 14.7 Å². The van der Waals surface area contributed by atoms with Crippen LogP contribution < -0.4 is 0 Å². The monoisotopic (exact) mass is 283 g/mol. The number of rotatable bonds is 6. The highest BCUT2D eigenvalue weighted by Gasteiger charge is 2.26. The van der Waals surface area contributed by atoms with Gasteiger partial charge in [-0.2, -0.15) is 0 Å². The predicted molar refractivity (Wildman–Crippen MR) is 77.7 cm³/mol. The van der Waals surface area contributed by atoms with Crippen molar-refractivity contribution in [3.63, 3.8) is 0 Å². The smallest absolute Gasteiger partial charge is 0.323 e. The number of carbonyl (C=O) groups is 2. The number of hydrogen-bond acceptors (Lipinski definition) is 3. The molecule has 0 aromatic rings. The number of likely N-dealkylation sites (tertiary alicyclic amines) is 1. The normalized spacial score (nSPS) is 16.2. The second-order valence-corrected chi connectivity index (χ2v) is 5.54. The molecule has 20 heavy (non-hydrogen) atoms. The molecule has 0 aromatic heterocycles. The van der Waals surface area contributed by atoms with Gasteiger partial charge in [0, 0.05) is 26.2 Å². The molecule has 1 heterocycles. The largest absolute Gasteiger partial charge is 0.480 e. The van der Waals surface area contributed by atoms with E-state index in [9.17, 15) is 9.59 Å². The maximum absolute atomic E-state index is 12.3. The van der Waals surface area contributed by atoms with Gasteiger partial charge in [-0.05, 0) is 32.9 Å². The highest BCUT2D eigenvalue weighted by atomic mass is 16.4. The van der Waals surface area contributed by atoms with E-state index in [0.717, 1.165) is 19.4 Å². The zero-order valence-corrected chi connectivity index (χ0v) is 12.4. The fourth-order valence-corrected chi connectivity index (χ4v) is 2.55. The van der Waals surface area contributed by atoms with Crippen LogP contribution in [0.5, 0.6) is 0 Å². The van der Waals surface area contributed by atoms with Gasteiger partial charge in [-0.3, -0.25) is 4.79 Å². The third kappa shape index (κ3) is 5.21. The molecule has 0 aliphatic carbocycles. The van der Waals surface area contributed by atoms with Crippen molar-refractivity contribution in [2.75, 3.05) is 46.8 Å². The van der Waals surface area contributed by atoms with Gasteiger partial charge in [0.2, 0.25) is 0 Å². The lowest BCUT2D eigenvalue weighted by atomic mass is 9.96. The molecular weight excluding hydrogens is 258 g/mol. The molecule has 0 saturated carbocycles.